The lowest BCUT2D eigenvalue weighted by molar-refractivity contribution is 0.202. The maximum absolute atomic E-state index is 12.2. The van der Waals surface area contributed by atoms with Crippen molar-refractivity contribution in [3.05, 3.63) is 54.1 Å². The Bertz CT molecular complexity index is 706. The molecule has 0 saturated heterocycles. The molecule has 0 spiro atoms. The van der Waals surface area contributed by atoms with E-state index in [1.54, 1.807) is 31.4 Å². The smallest absolute Gasteiger partial charge is 0.339 e. The number of benzene rings is 2. The highest BCUT2D eigenvalue weighted by atomic mass is 32.2. The predicted octanol–water partition coefficient (Wildman–Crippen LogP) is 3.04. The molecule has 0 fully saturated rings. The van der Waals surface area contributed by atoms with Gasteiger partial charge in [-0.05, 0) is 55.3 Å². The molecule has 2 rings (SSSR count). The third kappa shape index (κ3) is 4.97. The lowest BCUT2D eigenvalue weighted by atomic mass is 10.1. The van der Waals surface area contributed by atoms with Gasteiger partial charge >= 0.3 is 10.1 Å². The fraction of sp³-hybridized carbons (Fsp3) is 0.294. The maximum Gasteiger partial charge on any atom is 0.339 e. The Morgan fingerprint density at radius 2 is 1.52 bits per heavy atom. The zero-order valence-corrected chi connectivity index (χ0v) is 14.0. The molecular weight excluding hydrogens is 316 g/mol. The summed E-state index contributed by atoms with van der Waals surface area (Å²) in [5.74, 6) is 0.897. The quantitative estimate of drug-likeness (QED) is 0.693. The van der Waals surface area contributed by atoms with E-state index >= 15 is 0 Å². The molecule has 23 heavy (non-hydrogen) atoms. The minimum Gasteiger partial charge on any atom is -0.494 e. The van der Waals surface area contributed by atoms with E-state index in [4.69, 9.17) is 13.7 Å². The maximum atomic E-state index is 12.2. The molecule has 0 aromatic heterocycles. The summed E-state index contributed by atoms with van der Waals surface area (Å²) < 4.78 is 39.9. The fourth-order valence-corrected chi connectivity index (χ4v) is 2.91. The molecule has 2 aromatic rings. The van der Waals surface area contributed by atoms with Gasteiger partial charge in [-0.1, -0.05) is 12.1 Å². The molecule has 0 aliphatic heterocycles. The van der Waals surface area contributed by atoms with E-state index < -0.39 is 10.1 Å². The molecule has 2 aromatic carbocycles. The van der Waals surface area contributed by atoms with Gasteiger partial charge in [0, 0.05) is 7.11 Å². The summed E-state index contributed by atoms with van der Waals surface area (Å²) in [7, 11) is -2.22. The first-order valence-corrected chi connectivity index (χ1v) is 8.71. The second-order valence-corrected chi connectivity index (χ2v) is 6.37. The fourth-order valence-electron chi connectivity index (χ4n) is 1.98. The molecule has 0 aliphatic rings. The summed E-state index contributed by atoms with van der Waals surface area (Å²) in [5.41, 5.74) is 1.05. The minimum absolute atomic E-state index is 0.0874. The van der Waals surface area contributed by atoms with Gasteiger partial charge in [-0.2, -0.15) is 8.42 Å². The van der Waals surface area contributed by atoms with Gasteiger partial charge < -0.3 is 13.7 Å². The molecule has 0 aliphatic carbocycles. The van der Waals surface area contributed by atoms with Crippen LogP contribution in [-0.2, 0) is 21.3 Å². The summed E-state index contributed by atoms with van der Waals surface area (Å²) in [5, 5.41) is 0. The van der Waals surface area contributed by atoms with Crippen LogP contribution in [0.5, 0.6) is 11.5 Å². The first-order chi connectivity index (χ1) is 11.0. The zero-order chi connectivity index (χ0) is 16.7. The van der Waals surface area contributed by atoms with Crippen molar-refractivity contribution >= 4 is 10.1 Å². The van der Waals surface area contributed by atoms with Gasteiger partial charge in [0.05, 0.1) is 13.2 Å². The Kier molecular flexibility index (Phi) is 6.01. The Labute approximate surface area is 136 Å². The van der Waals surface area contributed by atoms with Crippen molar-refractivity contribution in [1.29, 1.82) is 0 Å². The molecule has 0 N–H and O–H groups in total. The van der Waals surface area contributed by atoms with Crippen molar-refractivity contribution in [1.82, 2.24) is 0 Å². The van der Waals surface area contributed by atoms with Crippen molar-refractivity contribution in [3.8, 4) is 11.5 Å². The number of ether oxygens (including phenoxy) is 2. The van der Waals surface area contributed by atoms with Crippen LogP contribution in [0.2, 0.25) is 0 Å². The Morgan fingerprint density at radius 1 is 0.913 bits per heavy atom. The molecular formula is C17H20O5S. The van der Waals surface area contributed by atoms with Crippen LogP contribution in [0.1, 0.15) is 12.5 Å². The van der Waals surface area contributed by atoms with Gasteiger partial charge in [0.15, 0.2) is 0 Å². The monoisotopic (exact) mass is 336 g/mol. The molecule has 6 heteroatoms. The Balaban J connectivity index is 2.08. The van der Waals surface area contributed by atoms with Crippen molar-refractivity contribution in [2.45, 2.75) is 18.2 Å². The summed E-state index contributed by atoms with van der Waals surface area (Å²) in [6.07, 6.45) is 0.766. The van der Waals surface area contributed by atoms with Gasteiger partial charge in [0.25, 0.3) is 0 Å². The summed E-state index contributed by atoms with van der Waals surface area (Å²) in [6.45, 7) is 3.01. The number of methoxy groups -OCH3 is 1. The molecule has 0 bridgehead atoms. The van der Waals surface area contributed by atoms with Gasteiger partial charge in [0.1, 0.15) is 16.4 Å². The average Bonchev–Trinajstić information content (AvgIpc) is 2.55. The molecule has 0 radical (unpaired) electrons. The van der Waals surface area contributed by atoms with Gasteiger partial charge in [-0.3, -0.25) is 0 Å². The normalized spacial score (nSPS) is 11.2. The summed E-state index contributed by atoms with van der Waals surface area (Å²) in [4.78, 5) is 0.0874. The number of hydrogen-bond donors (Lipinski definition) is 0. The van der Waals surface area contributed by atoms with Gasteiger partial charge in [0.2, 0.25) is 0 Å². The molecule has 0 unspecified atom stereocenters. The molecule has 0 saturated carbocycles. The van der Waals surface area contributed by atoms with Crippen molar-refractivity contribution in [2.24, 2.45) is 0 Å². The van der Waals surface area contributed by atoms with Crippen LogP contribution in [0.15, 0.2) is 53.4 Å². The van der Waals surface area contributed by atoms with Crippen LogP contribution in [0.3, 0.4) is 0 Å². The third-order valence-electron chi connectivity index (χ3n) is 3.15. The second kappa shape index (κ2) is 7.99. The largest absolute Gasteiger partial charge is 0.494 e. The van der Waals surface area contributed by atoms with E-state index in [2.05, 4.69) is 0 Å². The van der Waals surface area contributed by atoms with Crippen LogP contribution >= 0.6 is 0 Å². The van der Waals surface area contributed by atoms with E-state index in [0.717, 1.165) is 12.0 Å². The highest BCUT2D eigenvalue weighted by Gasteiger charge is 2.16. The van der Waals surface area contributed by atoms with Crippen LogP contribution in [0.4, 0.5) is 0 Å². The predicted molar refractivity (Wildman–Crippen MR) is 87.4 cm³/mol. The van der Waals surface area contributed by atoms with Gasteiger partial charge in [-0.15, -0.1) is 0 Å². The summed E-state index contributed by atoms with van der Waals surface area (Å²) in [6, 6.07) is 13.1. The number of hydrogen-bond acceptors (Lipinski definition) is 5. The van der Waals surface area contributed by atoms with E-state index in [1.165, 1.54) is 12.1 Å². The topological polar surface area (TPSA) is 61.8 Å². The Hall–Kier alpha value is -2.05. The van der Waals surface area contributed by atoms with Crippen LogP contribution in [0, 0.1) is 0 Å². The number of rotatable bonds is 8. The molecule has 5 nitrogen and oxygen atoms in total. The van der Waals surface area contributed by atoms with E-state index in [0.29, 0.717) is 19.0 Å². The van der Waals surface area contributed by atoms with E-state index in [9.17, 15) is 8.42 Å². The van der Waals surface area contributed by atoms with Crippen molar-refractivity contribution in [2.75, 3.05) is 20.3 Å². The van der Waals surface area contributed by atoms with Gasteiger partial charge in [-0.25, -0.2) is 0 Å². The molecule has 124 valence electrons. The van der Waals surface area contributed by atoms with Crippen molar-refractivity contribution < 1.29 is 22.1 Å². The van der Waals surface area contributed by atoms with E-state index in [1.807, 2.05) is 19.1 Å². The second-order valence-electron chi connectivity index (χ2n) is 4.83. The molecule has 0 amide bonds. The highest BCUT2D eigenvalue weighted by Crippen LogP contribution is 2.21. The lowest BCUT2D eigenvalue weighted by Gasteiger charge is -2.09. The lowest BCUT2D eigenvalue weighted by Crippen LogP contribution is -2.09. The SMILES string of the molecule is CCOc1ccc(S(=O)(=O)Oc2ccc(CCOC)cc2)cc1. The summed E-state index contributed by atoms with van der Waals surface area (Å²) >= 11 is 0. The Morgan fingerprint density at radius 3 is 2.09 bits per heavy atom. The first kappa shape index (κ1) is 17.3. The van der Waals surface area contributed by atoms with Crippen LogP contribution in [-0.4, -0.2) is 28.7 Å². The van der Waals surface area contributed by atoms with Crippen molar-refractivity contribution in [3.63, 3.8) is 0 Å². The highest BCUT2D eigenvalue weighted by molar-refractivity contribution is 7.87. The first-order valence-electron chi connectivity index (χ1n) is 7.30. The van der Waals surface area contributed by atoms with Crippen LogP contribution < -0.4 is 8.92 Å². The minimum atomic E-state index is -3.86. The molecule has 0 heterocycles. The standard InChI is InChI=1S/C17H20O5S/c1-3-21-15-8-10-17(11-9-15)23(18,19)22-16-6-4-14(5-7-16)12-13-20-2/h4-11H,3,12-13H2,1-2H3. The average molecular weight is 336 g/mol. The van der Waals surface area contributed by atoms with E-state index in [-0.39, 0.29) is 10.6 Å². The molecule has 0 atom stereocenters. The zero-order valence-electron chi connectivity index (χ0n) is 13.2. The van der Waals surface area contributed by atoms with Crippen LogP contribution in [0.25, 0.3) is 0 Å². The third-order valence-corrected chi connectivity index (χ3v) is 4.41.